The van der Waals surface area contributed by atoms with Crippen molar-refractivity contribution in [3.63, 3.8) is 0 Å². The van der Waals surface area contributed by atoms with E-state index in [4.69, 9.17) is 9.97 Å². The van der Waals surface area contributed by atoms with E-state index in [1.165, 1.54) is 65.5 Å². The third-order valence-corrected chi connectivity index (χ3v) is 12.7. The molecule has 0 aliphatic carbocycles. The Kier molecular flexibility index (Phi) is 7.57. The van der Waals surface area contributed by atoms with Gasteiger partial charge in [-0.05, 0) is 94.0 Å². The minimum atomic E-state index is 0.719. The van der Waals surface area contributed by atoms with Crippen LogP contribution in [0.1, 0.15) is 0 Å². The van der Waals surface area contributed by atoms with Gasteiger partial charge in [0.05, 0.1) is 33.3 Å². The monoisotopic (exact) mass is 788 g/mol. The lowest BCUT2D eigenvalue weighted by Crippen LogP contribution is -1.97. The predicted octanol–water partition coefficient (Wildman–Crippen LogP) is 15.1. The fourth-order valence-corrected chi connectivity index (χ4v) is 9.75. The van der Waals surface area contributed by atoms with Crippen molar-refractivity contribution in [1.82, 2.24) is 19.1 Å². The maximum absolute atomic E-state index is 5.33. The molecule has 0 atom stereocenters. The van der Waals surface area contributed by atoms with Crippen LogP contribution in [0, 0.1) is 0 Å². The zero-order valence-corrected chi connectivity index (χ0v) is 33.6. The van der Waals surface area contributed by atoms with Crippen LogP contribution in [0.5, 0.6) is 0 Å². The Labute approximate surface area is 357 Å². The molecule has 288 valence electrons. The van der Waals surface area contributed by atoms with Crippen molar-refractivity contribution < 1.29 is 0 Å². The highest BCUT2D eigenvalue weighted by atomic mass is 15.0. The Balaban J connectivity index is 0.959. The van der Waals surface area contributed by atoms with Gasteiger partial charge in [-0.25, -0.2) is 9.97 Å². The molecule has 0 aliphatic heterocycles. The number of hydrogen-bond acceptors (Lipinski definition) is 2. The van der Waals surface area contributed by atoms with Crippen LogP contribution in [-0.4, -0.2) is 19.1 Å². The lowest BCUT2D eigenvalue weighted by atomic mass is 10.0. The number of para-hydroxylation sites is 3. The van der Waals surface area contributed by atoms with E-state index in [0.29, 0.717) is 0 Å². The standard InChI is InChI=1S/C58H36N4/c1-2-15-44(16-3-1)61-53-21-11-9-19-48(53)51-35-41(28-33-54(51)61)42-27-31-49-47-18-8-10-20-52(47)62(55(49)36-42)45-29-24-39(25-30-45)56-50-32-26-38-13-6-7-17-46(38)57(50)60-58(59-56)43-23-22-37-12-4-5-14-40(37)34-43/h1-36H. The van der Waals surface area contributed by atoms with Crippen molar-refractivity contribution in [3.8, 4) is 45.1 Å². The summed E-state index contributed by atoms with van der Waals surface area (Å²) < 4.78 is 4.78. The van der Waals surface area contributed by atoms with Gasteiger partial charge in [-0.3, -0.25) is 0 Å². The summed E-state index contributed by atoms with van der Waals surface area (Å²) in [5.74, 6) is 0.719. The Morgan fingerprint density at radius 1 is 0.274 bits per heavy atom. The molecule has 62 heavy (non-hydrogen) atoms. The van der Waals surface area contributed by atoms with Crippen molar-refractivity contribution in [3.05, 3.63) is 218 Å². The number of benzene rings is 10. The van der Waals surface area contributed by atoms with Gasteiger partial charge < -0.3 is 9.13 Å². The van der Waals surface area contributed by atoms with Crippen molar-refractivity contribution in [2.75, 3.05) is 0 Å². The largest absolute Gasteiger partial charge is 0.309 e. The number of nitrogens with zero attached hydrogens (tertiary/aromatic N) is 4. The molecular formula is C58H36N4. The van der Waals surface area contributed by atoms with Gasteiger partial charge in [-0.2, -0.15) is 0 Å². The summed E-state index contributed by atoms with van der Waals surface area (Å²) in [7, 11) is 0. The molecule has 0 saturated carbocycles. The molecule has 0 amide bonds. The van der Waals surface area contributed by atoms with Gasteiger partial charge in [0, 0.05) is 54.8 Å². The minimum absolute atomic E-state index is 0.719. The first-order valence-corrected chi connectivity index (χ1v) is 21.2. The first-order valence-electron chi connectivity index (χ1n) is 21.2. The van der Waals surface area contributed by atoms with Crippen LogP contribution in [-0.2, 0) is 0 Å². The van der Waals surface area contributed by atoms with Crippen LogP contribution in [0.2, 0.25) is 0 Å². The van der Waals surface area contributed by atoms with E-state index in [0.717, 1.165) is 55.7 Å². The zero-order valence-electron chi connectivity index (χ0n) is 33.6. The number of aromatic nitrogens is 4. The van der Waals surface area contributed by atoms with Crippen LogP contribution in [0.15, 0.2) is 218 Å². The topological polar surface area (TPSA) is 35.6 Å². The highest BCUT2D eigenvalue weighted by Gasteiger charge is 2.18. The summed E-state index contributed by atoms with van der Waals surface area (Å²) in [5, 5.41) is 10.6. The van der Waals surface area contributed by atoms with Gasteiger partial charge in [-0.1, -0.05) is 152 Å². The molecule has 3 aromatic heterocycles. The molecule has 10 aromatic carbocycles. The summed E-state index contributed by atoms with van der Waals surface area (Å²) >= 11 is 0. The molecule has 3 heterocycles. The number of hydrogen-bond donors (Lipinski definition) is 0. The van der Waals surface area contributed by atoms with Gasteiger partial charge in [0.25, 0.3) is 0 Å². The van der Waals surface area contributed by atoms with Gasteiger partial charge >= 0.3 is 0 Å². The molecule has 0 fully saturated rings. The second-order valence-corrected chi connectivity index (χ2v) is 16.2. The van der Waals surface area contributed by atoms with E-state index in [1.807, 2.05) is 0 Å². The van der Waals surface area contributed by atoms with E-state index in [-0.39, 0.29) is 0 Å². The predicted molar refractivity (Wildman–Crippen MR) is 260 cm³/mol. The van der Waals surface area contributed by atoms with Gasteiger partial charge in [-0.15, -0.1) is 0 Å². The first kappa shape index (κ1) is 34.5. The van der Waals surface area contributed by atoms with Crippen LogP contribution < -0.4 is 0 Å². The molecule has 4 nitrogen and oxygen atoms in total. The van der Waals surface area contributed by atoms with E-state index < -0.39 is 0 Å². The van der Waals surface area contributed by atoms with Gasteiger partial charge in [0.15, 0.2) is 5.82 Å². The third kappa shape index (κ3) is 5.33. The summed E-state index contributed by atoms with van der Waals surface area (Å²) in [5.41, 5.74) is 13.3. The molecule has 0 spiro atoms. The Bertz CT molecular complexity index is 3910. The summed E-state index contributed by atoms with van der Waals surface area (Å²) in [6, 6.07) is 78.7. The molecule has 0 aliphatic rings. The minimum Gasteiger partial charge on any atom is -0.309 e. The molecule has 0 unspecified atom stereocenters. The van der Waals surface area contributed by atoms with Crippen molar-refractivity contribution in [2.24, 2.45) is 0 Å². The second kappa shape index (κ2) is 13.6. The molecule has 13 aromatic rings. The number of rotatable bonds is 5. The smallest absolute Gasteiger partial charge is 0.160 e. The summed E-state index contributed by atoms with van der Waals surface area (Å²) in [6.45, 7) is 0. The summed E-state index contributed by atoms with van der Waals surface area (Å²) in [4.78, 5) is 10.6. The fourth-order valence-electron chi connectivity index (χ4n) is 9.75. The SMILES string of the molecule is c1ccc(-n2c3ccccc3c3cc(-c4ccc5c6ccccc6n(-c6ccc(-c7nc(-c8ccc9ccccc9c8)nc8c7ccc7ccccc78)cc6)c5c4)ccc32)cc1. The van der Waals surface area contributed by atoms with Crippen molar-refractivity contribution >= 4 is 76.1 Å². The first-order chi connectivity index (χ1) is 30.7. The van der Waals surface area contributed by atoms with E-state index in [9.17, 15) is 0 Å². The maximum atomic E-state index is 5.33. The van der Waals surface area contributed by atoms with Crippen LogP contribution in [0.3, 0.4) is 0 Å². The average Bonchev–Trinajstić information content (AvgIpc) is 3.86. The molecule has 0 N–H and O–H groups in total. The molecule has 0 radical (unpaired) electrons. The quantitative estimate of drug-likeness (QED) is 0.163. The molecule has 4 heteroatoms. The molecule has 13 rings (SSSR count). The van der Waals surface area contributed by atoms with Crippen LogP contribution in [0.4, 0.5) is 0 Å². The van der Waals surface area contributed by atoms with E-state index in [1.54, 1.807) is 0 Å². The van der Waals surface area contributed by atoms with Gasteiger partial charge in [0.2, 0.25) is 0 Å². The Hall–Kier alpha value is -8.34. The zero-order chi connectivity index (χ0) is 40.7. The molecule has 0 bridgehead atoms. The molecular weight excluding hydrogens is 753 g/mol. The summed E-state index contributed by atoms with van der Waals surface area (Å²) in [6.07, 6.45) is 0. The lowest BCUT2D eigenvalue weighted by molar-refractivity contribution is 1.18. The average molecular weight is 789 g/mol. The highest BCUT2D eigenvalue weighted by molar-refractivity contribution is 6.13. The normalized spacial score (nSPS) is 11.9. The van der Waals surface area contributed by atoms with E-state index in [2.05, 4.69) is 228 Å². The van der Waals surface area contributed by atoms with E-state index >= 15 is 0 Å². The van der Waals surface area contributed by atoms with Crippen molar-refractivity contribution in [2.45, 2.75) is 0 Å². The lowest BCUT2D eigenvalue weighted by Gasteiger charge is -2.13. The second-order valence-electron chi connectivity index (χ2n) is 16.2. The van der Waals surface area contributed by atoms with Crippen LogP contribution in [0.25, 0.3) is 121 Å². The Morgan fingerprint density at radius 3 is 1.61 bits per heavy atom. The molecule has 0 saturated heterocycles. The maximum Gasteiger partial charge on any atom is 0.160 e. The van der Waals surface area contributed by atoms with Gasteiger partial charge in [0.1, 0.15) is 0 Å². The number of fused-ring (bicyclic) bond motifs is 10. The highest BCUT2D eigenvalue weighted by Crippen LogP contribution is 2.39. The van der Waals surface area contributed by atoms with Crippen LogP contribution >= 0.6 is 0 Å². The van der Waals surface area contributed by atoms with Crippen molar-refractivity contribution in [1.29, 1.82) is 0 Å². The third-order valence-electron chi connectivity index (χ3n) is 12.7. The Morgan fingerprint density at radius 2 is 0.806 bits per heavy atom. The fraction of sp³-hybridized carbons (Fsp3) is 0.